The Morgan fingerprint density at radius 2 is 1.81 bits per heavy atom. The molecule has 0 fully saturated rings. The van der Waals surface area contributed by atoms with Gasteiger partial charge in [0.05, 0.1) is 17.3 Å². The molecule has 0 saturated carbocycles. The maximum Gasteiger partial charge on any atom is 0.354 e. The second-order valence-corrected chi connectivity index (χ2v) is 9.73. The van der Waals surface area contributed by atoms with E-state index in [4.69, 9.17) is 16.3 Å². The third-order valence-corrected chi connectivity index (χ3v) is 6.68. The number of nitrogens with one attached hydrogen (secondary N) is 4. The number of esters is 1. The molecule has 12 heteroatoms. The average Bonchev–Trinajstić information content (AvgIpc) is 3.62. The van der Waals surface area contributed by atoms with Crippen molar-refractivity contribution in [3.8, 4) is 11.3 Å². The highest BCUT2D eigenvalue weighted by Crippen LogP contribution is 2.27. The lowest BCUT2D eigenvalue weighted by Crippen LogP contribution is -2.45. The first-order chi connectivity index (χ1) is 20.2. The van der Waals surface area contributed by atoms with Crippen molar-refractivity contribution < 1.29 is 27.9 Å². The number of aromatic nitrogens is 3. The van der Waals surface area contributed by atoms with Crippen molar-refractivity contribution in [2.45, 2.75) is 19.4 Å². The number of rotatable bonds is 9. The first-order valence-electron chi connectivity index (χ1n) is 12.9. The van der Waals surface area contributed by atoms with Gasteiger partial charge in [0.25, 0.3) is 5.91 Å². The Bertz CT molecular complexity index is 1800. The second-order valence-electron chi connectivity index (χ2n) is 9.32. The van der Waals surface area contributed by atoms with E-state index in [-0.39, 0.29) is 40.7 Å². The molecule has 0 spiro atoms. The van der Waals surface area contributed by atoms with Crippen LogP contribution in [0.1, 0.15) is 33.5 Å². The van der Waals surface area contributed by atoms with E-state index in [0.717, 1.165) is 0 Å². The Kier molecular flexibility index (Phi) is 8.30. The fraction of sp³-hybridized carbons (Fsp3) is 0.133. The summed E-state index contributed by atoms with van der Waals surface area (Å²) < 4.78 is 33.4. The number of fused-ring (bicyclic) bond motifs is 1. The number of halogens is 3. The van der Waals surface area contributed by atoms with E-state index in [1.807, 2.05) is 0 Å². The summed E-state index contributed by atoms with van der Waals surface area (Å²) in [5.74, 6) is -2.94. The number of aromatic amines is 2. The molecule has 0 saturated heterocycles. The number of carbonyl (C=O) groups is 3. The molecular formula is C30H24ClF2N5O4. The molecule has 2 heterocycles. The number of carbonyl (C=O) groups excluding carboxylic acids is 3. The summed E-state index contributed by atoms with van der Waals surface area (Å²) in [6.07, 6.45) is -0.0291. The summed E-state index contributed by atoms with van der Waals surface area (Å²) in [5.41, 5.74) is 2.02. The highest BCUT2D eigenvalue weighted by molar-refractivity contribution is 6.31. The molecule has 3 aromatic carbocycles. The Morgan fingerprint density at radius 1 is 1.00 bits per heavy atom. The number of ether oxygens (including phenoxy) is 1. The van der Waals surface area contributed by atoms with Gasteiger partial charge in [-0.25, -0.2) is 13.6 Å². The van der Waals surface area contributed by atoms with Crippen molar-refractivity contribution in [2.24, 2.45) is 0 Å². The largest absolute Gasteiger partial charge is 0.461 e. The lowest BCUT2D eigenvalue weighted by atomic mass is 10.0. The van der Waals surface area contributed by atoms with E-state index in [9.17, 15) is 23.2 Å². The van der Waals surface area contributed by atoms with Crippen LogP contribution < -0.4 is 10.6 Å². The number of H-pyrrole nitrogens is 2. The average molecular weight is 592 g/mol. The Hall–Kier alpha value is -5.03. The molecule has 42 heavy (non-hydrogen) atoms. The lowest BCUT2D eigenvalue weighted by Gasteiger charge is -2.18. The van der Waals surface area contributed by atoms with Crippen molar-refractivity contribution in [2.75, 3.05) is 11.9 Å². The fourth-order valence-corrected chi connectivity index (χ4v) is 4.56. The Labute approximate surface area is 243 Å². The van der Waals surface area contributed by atoms with Crippen molar-refractivity contribution in [1.82, 2.24) is 20.5 Å². The Morgan fingerprint density at radius 3 is 2.60 bits per heavy atom. The van der Waals surface area contributed by atoms with Crippen molar-refractivity contribution in [3.05, 3.63) is 106 Å². The van der Waals surface area contributed by atoms with Crippen molar-refractivity contribution in [1.29, 1.82) is 0 Å². The molecule has 5 aromatic rings. The zero-order chi connectivity index (χ0) is 29.8. The van der Waals surface area contributed by atoms with Gasteiger partial charge in [0.15, 0.2) is 5.82 Å². The Balaban J connectivity index is 1.37. The van der Waals surface area contributed by atoms with Crippen LogP contribution in [0.25, 0.3) is 22.2 Å². The monoisotopic (exact) mass is 591 g/mol. The van der Waals surface area contributed by atoms with Crippen LogP contribution in [0.4, 0.5) is 14.5 Å². The van der Waals surface area contributed by atoms with Crippen LogP contribution in [0.15, 0.2) is 72.8 Å². The van der Waals surface area contributed by atoms with Crippen LogP contribution in [0, 0.1) is 11.6 Å². The zero-order valence-electron chi connectivity index (χ0n) is 22.1. The predicted molar refractivity (Wildman–Crippen MR) is 153 cm³/mol. The molecule has 0 aliphatic heterocycles. The van der Waals surface area contributed by atoms with E-state index in [2.05, 4.69) is 25.8 Å². The molecule has 0 radical (unpaired) electrons. The molecule has 0 bridgehead atoms. The fourth-order valence-electron chi connectivity index (χ4n) is 4.38. The molecule has 2 aromatic heterocycles. The molecule has 2 amide bonds. The van der Waals surface area contributed by atoms with Gasteiger partial charge in [-0.1, -0.05) is 29.8 Å². The molecule has 0 aliphatic carbocycles. The van der Waals surface area contributed by atoms with Crippen LogP contribution in [0.5, 0.6) is 0 Å². The smallest absolute Gasteiger partial charge is 0.354 e. The van der Waals surface area contributed by atoms with Crippen LogP contribution in [-0.2, 0) is 16.0 Å². The quantitative estimate of drug-likeness (QED) is 0.165. The number of anilines is 1. The van der Waals surface area contributed by atoms with Crippen LogP contribution in [0.2, 0.25) is 5.02 Å². The van der Waals surface area contributed by atoms with Crippen LogP contribution in [0.3, 0.4) is 0 Å². The summed E-state index contributed by atoms with van der Waals surface area (Å²) in [4.78, 5) is 41.6. The van der Waals surface area contributed by atoms with Gasteiger partial charge in [-0.15, -0.1) is 0 Å². The van der Waals surface area contributed by atoms with Gasteiger partial charge >= 0.3 is 5.97 Å². The van der Waals surface area contributed by atoms with Gasteiger partial charge in [0.2, 0.25) is 5.91 Å². The molecule has 214 valence electrons. The highest BCUT2D eigenvalue weighted by Gasteiger charge is 2.24. The standard InChI is InChI=1S/C30H24ClF2N5O4/c1-2-42-30(41)26-14-17-13-19(9-10-22(17)35-26)34-28(39)24(12-16-5-3-6-18(32)11-16)36-29(40)25-15-23(37-38-25)20-7-4-8-21(31)27(20)33/h3-11,13-15,24,35H,2,12H2,1H3,(H,34,39)(H,36,40)(H,37,38). The SMILES string of the molecule is CCOC(=O)c1cc2cc(NC(=O)C(Cc3cccc(F)c3)NC(=O)c3cc(-c4cccc(Cl)c4F)n[nH]3)ccc2[nH]1. The minimum Gasteiger partial charge on any atom is -0.461 e. The van der Waals surface area contributed by atoms with Crippen LogP contribution >= 0.6 is 11.6 Å². The normalized spacial score (nSPS) is 11.7. The maximum absolute atomic E-state index is 14.5. The summed E-state index contributed by atoms with van der Waals surface area (Å²) in [7, 11) is 0. The van der Waals surface area contributed by atoms with E-state index in [1.54, 1.807) is 43.3 Å². The topological polar surface area (TPSA) is 129 Å². The molecular weight excluding hydrogens is 568 g/mol. The molecule has 1 unspecified atom stereocenters. The third-order valence-electron chi connectivity index (χ3n) is 6.38. The highest BCUT2D eigenvalue weighted by atomic mass is 35.5. The molecule has 9 nitrogen and oxygen atoms in total. The van der Waals surface area contributed by atoms with E-state index >= 15 is 0 Å². The summed E-state index contributed by atoms with van der Waals surface area (Å²) >= 11 is 5.87. The lowest BCUT2D eigenvalue weighted by molar-refractivity contribution is -0.118. The van der Waals surface area contributed by atoms with E-state index in [0.29, 0.717) is 22.2 Å². The predicted octanol–water partition coefficient (Wildman–Crippen LogP) is 5.65. The van der Waals surface area contributed by atoms with Gasteiger partial charge in [-0.2, -0.15) is 5.10 Å². The molecule has 4 N–H and O–H groups in total. The number of benzene rings is 3. The van der Waals surface area contributed by atoms with Crippen molar-refractivity contribution >= 4 is 46.0 Å². The zero-order valence-corrected chi connectivity index (χ0v) is 22.9. The van der Waals surface area contributed by atoms with E-state index in [1.165, 1.54) is 36.4 Å². The van der Waals surface area contributed by atoms with Gasteiger partial charge in [0, 0.05) is 28.6 Å². The second kappa shape index (κ2) is 12.2. The number of amides is 2. The van der Waals surface area contributed by atoms with Crippen LogP contribution in [-0.4, -0.2) is 45.6 Å². The molecule has 0 aliphatic rings. The summed E-state index contributed by atoms with van der Waals surface area (Å²) in [6.45, 7) is 1.93. The number of hydrogen-bond acceptors (Lipinski definition) is 5. The molecule has 5 rings (SSSR count). The number of hydrogen-bond donors (Lipinski definition) is 4. The first-order valence-corrected chi connectivity index (χ1v) is 13.3. The number of nitrogens with zero attached hydrogens (tertiary/aromatic N) is 1. The minimum absolute atomic E-state index is 0.0262. The molecule has 1 atom stereocenters. The van der Waals surface area contributed by atoms with Gasteiger partial charge in [-0.05, 0) is 67.1 Å². The van der Waals surface area contributed by atoms with Crippen molar-refractivity contribution in [3.63, 3.8) is 0 Å². The third kappa shape index (κ3) is 6.31. The summed E-state index contributed by atoms with van der Waals surface area (Å²) in [6, 6.07) is 16.9. The first kappa shape index (κ1) is 28.5. The van der Waals surface area contributed by atoms with E-state index < -0.39 is 35.5 Å². The van der Waals surface area contributed by atoms with Gasteiger partial charge in [-0.3, -0.25) is 14.7 Å². The summed E-state index contributed by atoms with van der Waals surface area (Å²) in [5, 5.41) is 12.5. The maximum atomic E-state index is 14.5. The minimum atomic E-state index is -1.13. The van der Waals surface area contributed by atoms with Gasteiger partial charge in [0.1, 0.15) is 23.2 Å². The van der Waals surface area contributed by atoms with Gasteiger partial charge < -0.3 is 20.4 Å².